The summed E-state index contributed by atoms with van der Waals surface area (Å²) in [6, 6.07) is 2.06. The van der Waals surface area contributed by atoms with E-state index in [0.29, 0.717) is 0 Å². The molecular weight excluding hydrogens is 226 g/mol. The minimum absolute atomic E-state index is 0.806. The van der Waals surface area contributed by atoms with Crippen molar-refractivity contribution >= 4 is 5.82 Å². The maximum Gasteiger partial charge on any atom is 0.132 e. The van der Waals surface area contributed by atoms with Crippen LogP contribution in [0.2, 0.25) is 0 Å². The number of hydrogen-bond donors (Lipinski definition) is 1. The van der Waals surface area contributed by atoms with Crippen molar-refractivity contribution in [3.05, 3.63) is 18.1 Å². The molecule has 2 N–H and O–H groups in total. The van der Waals surface area contributed by atoms with Crippen LogP contribution in [-0.2, 0) is 0 Å². The van der Waals surface area contributed by atoms with E-state index >= 15 is 0 Å². The van der Waals surface area contributed by atoms with Crippen LogP contribution < -0.4 is 10.6 Å². The summed E-state index contributed by atoms with van der Waals surface area (Å²) in [5, 5.41) is 0. The zero-order chi connectivity index (χ0) is 12.8. The second-order valence-electron chi connectivity index (χ2n) is 4.84. The molecule has 0 bridgehead atoms. The van der Waals surface area contributed by atoms with Gasteiger partial charge in [0.1, 0.15) is 12.1 Å². The summed E-state index contributed by atoms with van der Waals surface area (Å²) in [5.41, 5.74) is 6.55. The molecule has 100 valence electrons. The highest BCUT2D eigenvalue weighted by Gasteiger charge is 2.17. The van der Waals surface area contributed by atoms with Crippen LogP contribution in [0.3, 0.4) is 0 Å². The zero-order valence-electron chi connectivity index (χ0n) is 11.2. The molecule has 0 spiro atoms. The Morgan fingerprint density at radius 2 is 1.94 bits per heavy atom. The third-order valence-corrected chi connectivity index (χ3v) is 3.41. The van der Waals surface area contributed by atoms with E-state index in [2.05, 4.69) is 25.8 Å². The molecule has 0 radical (unpaired) electrons. The van der Waals surface area contributed by atoms with Crippen molar-refractivity contribution in [2.45, 2.75) is 19.8 Å². The van der Waals surface area contributed by atoms with Crippen LogP contribution in [0.5, 0.6) is 0 Å². The fourth-order valence-corrected chi connectivity index (χ4v) is 2.29. The standard InChI is InChI=1S/C13H23N5/c1-12-10-13(16-11-15-12)18-8-6-17(7-9-18)5-3-2-4-14/h10-11H,2-9,14H2,1H3. The highest BCUT2D eigenvalue weighted by Crippen LogP contribution is 2.13. The summed E-state index contributed by atoms with van der Waals surface area (Å²) in [6.07, 6.45) is 3.99. The SMILES string of the molecule is Cc1cc(N2CCN(CCCCN)CC2)ncn1. The minimum Gasteiger partial charge on any atom is -0.354 e. The molecular formula is C13H23N5. The van der Waals surface area contributed by atoms with Gasteiger partial charge in [-0.1, -0.05) is 0 Å². The molecule has 2 rings (SSSR count). The Hall–Kier alpha value is -1.20. The molecule has 1 fully saturated rings. The van der Waals surface area contributed by atoms with Crippen molar-refractivity contribution in [2.24, 2.45) is 5.73 Å². The molecule has 1 aromatic heterocycles. The lowest BCUT2D eigenvalue weighted by Crippen LogP contribution is -2.47. The Balaban J connectivity index is 1.79. The second kappa shape index (κ2) is 6.66. The molecule has 1 saturated heterocycles. The Morgan fingerprint density at radius 1 is 1.17 bits per heavy atom. The van der Waals surface area contributed by atoms with Gasteiger partial charge in [0.25, 0.3) is 0 Å². The molecule has 5 nitrogen and oxygen atoms in total. The van der Waals surface area contributed by atoms with E-state index in [9.17, 15) is 0 Å². The van der Waals surface area contributed by atoms with Crippen molar-refractivity contribution in [1.82, 2.24) is 14.9 Å². The first-order valence-corrected chi connectivity index (χ1v) is 6.75. The molecule has 5 heteroatoms. The van der Waals surface area contributed by atoms with E-state index in [1.807, 2.05) is 6.92 Å². The summed E-state index contributed by atoms with van der Waals surface area (Å²) in [5.74, 6) is 1.06. The number of aromatic nitrogens is 2. The van der Waals surface area contributed by atoms with Crippen LogP contribution in [-0.4, -0.2) is 54.1 Å². The zero-order valence-corrected chi connectivity index (χ0v) is 11.2. The molecule has 1 aliphatic heterocycles. The Labute approximate surface area is 109 Å². The van der Waals surface area contributed by atoms with E-state index in [4.69, 9.17) is 5.73 Å². The first kappa shape index (κ1) is 13.2. The lowest BCUT2D eigenvalue weighted by molar-refractivity contribution is 0.253. The number of unbranched alkanes of at least 4 members (excludes halogenated alkanes) is 1. The average molecular weight is 249 g/mol. The number of hydrogen-bond acceptors (Lipinski definition) is 5. The monoisotopic (exact) mass is 249 g/mol. The number of nitrogens with zero attached hydrogens (tertiary/aromatic N) is 4. The van der Waals surface area contributed by atoms with Gasteiger partial charge in [0, 0.05) is 37.9 Å². The molecule has 0 saturated carbocycles. The molecule has 0 unspecified atom stereocenters. The lowest BCUT2D eigenvalue weighted by Gasteiger charge is -2.35. The smallest absolute Gasteiger partial charge is 0.132 e. The maximum atomic E-state index is 5.52. The quantitative estimate of drug-likeness (QED) is 0.776. The van der Waals surface area contributed by atoms with Crippen molar-refractivity contribution in [1.29, 1.82) is 0 Å². The van der Waals surface area contributed by atoms with E-state index in [-0.39, 0.29) is 0 Å². The highest BCUT2D eigenvalue weighted by molar-refractivity contribution is 5.39. The largest absolute Gasteiger partial charge is 0.354 e. The van der Waals surface area contributed by atoms with Crippen LogP contribution in [0.25, 0.3) is 0 Å². The van der Waals surface area contributed by atoms with Gasteiger partial charge in [-0.15, -0.1) is 0 Å². The third-order valence-electron chi connectivity index (χ3n) is 3.41. The van der Waals surface area contributed by atoms with Gasteiger partial charge < -0.3 is 10.6 Å². The predicted octanol–water partition coefficient (Wildman–Crippen LogP) is 0.646. The average Bonchev–Trinajstić information content (AvgIpc) is 2.40. The molecule has 1 aromatic rings. The molecule has 0 aliphatic carbocycles. The van der Waals surface area contributed by atoms with E-state index in [1.165, 1.54) is 13.0 Å². The molecule has 1 aliphatic rings. The lowest BCUT2D eigenvalue weighted by atomic mass is 10.2. The van der Waals surface area contributed by atoms with Crippen LogP contribution >= 0.6 is 0 Å². The van der Waals surface area contributed by atoms with E-state index in [0.717, 1.165) is 50.7 Å². The Morgan fingerprint density at radius 3 is 2.61 bits per heavy atom. The number of aryl methyl sites for hydroxylation is 1. The van der Waals surface area contributed by atoms with Gasteiger partial charge in [-0.05, 0) is 32.9 Å². The Bertz CT molecular complexity index is 360. The number of piperazine rings is 1. The molecule has 0 aromatic carbocycles. The van der Waals surface area contributed by atoms with Gasteiger partial charge in [0.2, 0.25) is 0 Å². The molecule has 0 amide bonds. The second-order valence-corrected chi connectivity index (χ2v) is 4.84. The fourth-order valence-electron chi connectivity index (χ4n) is 2.29. The van der Waals surface area contributed by atoms with Crippen LogP contribution in [0, 0.1) is 6.92 Å². The van der Waals surface area contributed by atoms with Gasteiger partial charge in [-0.2, -0.15) is 0 Å². The summed E-state index contributed by atoms with van der Waals surface area (Å²) < 4.78 is 0. The van der Waals surface area contributed by atoms with Gasteiger partial charge in [0.15, 0.2) is 0 Å². The molecule has 0 atom stereocenters. The number of nitrogens with two attached hydrogens (primary N) is 1. The van der Waals surface area contributed by atoms with Gasteiger partial charge in [-0.25, -0.2) is 9.97 Å². The number of rotatable bonds is 5. The van der Waals surface area contributed by atoms with Gasteiger partial charge in [-0.3, -0.25) is 4.90 Å². The van der Waals surface area contributed by atoms with Gasteiger partial charge >= 0.3 is 0 Å². The molecule has 18 heavy (non-hydrogen) atoms. The van der Waals surface area contributed by atoms with Crippen LogP contribution in [0.1, 0.15) is 18.5 Å². The van der Waals surface area contributed by atoms with Crippen molar-refractivity contribution in [2.75, 3.05) is 44.2 Å². The van der Waals surface area contributed by atoms with Crippen molar-refractivity contribution in [3.63, 3.8) is 0 Å². The summed E-state index contributed by atoms with van der Waals surface area (Å²) in [6.45, 7) is 8.33. The fraction of sp³-hybridized carbons (Fsp3) is 0.692. The predicted molar refractivity (Wildman–Crippen MR) is 73.7 cm³/mol. The third kappa shape index (κ3) is 3.65. The highest BCUT2D eigenvalue weighted by atomic mass is 15.3. The molecule has 2 heterocycles. The summed E-state index contributed by atoms with van der Waals surface area (Å²) in [4.78, 5) is 13.3. The maximum absolute atomic E-state index is 5.52. The van der Waals surface area contributed by atoms with E-state index in [1.54, 1.807) is 6.33 Å². The topological polar surface area (TPSA) is 58.3 Å². The first-order chi connectivity index (χ1) is 8.79. The van der Waals surface area contributed by atoms with E-state index < -0.39 is 0 Å². The summed E-state index contributed by atoms with van der Waals surface area (Å²) >= 11 is 0. The van der Waals surface area contributed by atoms with Crippen molar-refractivity contribution in [3.8, 4) is 0 Å². The van der Waals surface area contributed by atoms with Gasteiger partial charge in [0.05, 0.1) is 0 Å². The Kier molecular flexibility index (Phi) is 4.90. The van der Waals surface area contributed by atoms with Crippen LogP contribution in [0.4, 0.5) is 5.82 Å². The normalized spacial score (nSPS) is 17.1. The summed E-state index contributed by atoms with van der Waals surface area (Å²) in [7, 11) is 0. The van der Waals surface area contributed by atoms with Crippen molar-refractivity contribution < 1.29 is 0 Å². The van der Waals surface area contributed by atoms with Crippen LogP contribution in [0.15, 0.2) is 12.4 Å². The minimum atomic E-state index is 0.806. The number of anilines is 1. The first-order valence-electron chi connectivity index (χ1n) is 6.75.